The van der Waals surface area contributed by atoms with Gasteiger partial charge >= 0.3 is 0 Å². The van der Waals surface area contributed by atoms with Gasteiger partial charge in [-0.15, -0.1) is 0 Å². The summed E-state index contributed by atoms with van der Waals surface area (Å²) in [5.74, 6) is -0.675. The molecule has 1 aromatic carbocycles. The SMILES string of the molecule is CS(=O)(=O)NC(=O)c1ccc(N=CN)cc1. The molecule has 0 atom stereocenters. The van der Waals surface area contributed by atoms with Crippen LogP contribution in [0, 0.1) is 0 Å². The van der Waals surface area contributed by atoms with Crippen LogP contribution in [-0.2, 0) is 10.0 Å². The highest BCUT2D eigenvalue weighted by molar-refractivity contribution is 7.89. The van der Waals surface area contributed by atoms with Gasteiger partial charge in [-0.3, -0.25) is 4.79 Å². The van der Waals surface area contributed by atoms with E-state index in [2.05, 4.69) is 4.99 Å². The Morgan fingerprint density at radius 3 is 2.38 bits per heavy atom. The van der Waals surface area contributed by atoms with Crippen molar-refractivity contribution in [2.75, 3.05) is 6.26 Å². The van der Waals surface area contributed by atoms with Crippen LogP contribution in [-0.4, -0.2) is 26.9 Å². The molecule has 6 nitrogen and oxygen atoms in total. The van der Waals surface area contributed by atoms with Crippen molar-refractivity contribution < 1.29 is 13.2 Å². The second-order valence-electron chi connectivity index (χ2n) is 3.03. The van der Waals surface area contributed by atoms with Crippen LogP contribution in [0.15, 0.2) is 29.3 Å². The number of hydrogen-bond acceptors (Lipinski definition) is 4. The van der Waals surface area contributed by atoms with E-state index < -0.39 is 15.9 Å². The highest BCUT2D eigenvalue weighted by Crippen LogP contribution is 2.12. The van der Waals surface area contributed by atoms with Gasteiger partial charge in [0, 0.05) is 5.56 Å². The molecule has 0 radical (unpaired) electrons. The molecule has 0 bridgehead atoms. The highest BCUT2D eigenvalue weighted by atomic mass is 32.2. The molecule has 0 aromatic heterocycles. The normalized spacial score (nSPS) is 11.6. The first kappa shape index (κ1) is 12.2. The minimum absolute atomic E-state index is 0.237. The molecule has 7 heteroatoms. The van der Waals surface area contributed by atoms with Gasteiger partial charge in [0.25, 0.3) is 5.91 Å². The van der Waals surface area contributed by atoms with Crippen LogP contribution < -0.4 is 10.5 Å². The van der Waals surface area contributed by atoms with Gasteiger partial charge in [0.05, 0.1) is 18.3 Å². The fraction of sp³-hybridized carbons (Fsp3) is 0.111. The quantitative estimate of drug-likeness (QED) is 0.574. The summed E-state index contributed by atoms with van der Waals surface area (Å²) in [4.78, 5) is 15.2. The largest absolute Gasteiger partial charge is 0.390 e. The van der Waals surface area contributed by atoms with Gasteiger partial charge < -0.3 is 5.73 Å². The van der Waals surface area contributed by atoms with E-state index in [4.69, 9.17) is 5.73 Å². The summed E-state index contributed by atoms with van der Waals surface area (Å²) >= 11 is 0. The Bertz CT molecular complexity index is 505. The lowest BCUT2D eigenvalue weighted by molar-refractivity contribution is 0.0981. The Labute approximate surface area is 93.2 Å². The van der Waals surface area contributed by atoms with E-state index in [-0.39, 0.29) is 5.56 Å². The first-order valence-corrected chi connectivity index (χ1v) is 6.18. The second-order valence-corrected chi connectivity index (χ2v) is 4.78. The fourth-order valence-electron chi connectivity index (χ4n) is 1.01. The van der Waals surface area contributed by atoms with Crippen molar-refractivity contribution in [2.24, 2.45) is 10.7 Å². The molecule has 3 N–H and O–H groups in total. The van der Waals surface area contributed by atoms with Crippen LogP contribution in [0.4, 0.5) is 5.69 Å². The van der Waals surface area contributed by atoms with Crippen molar-refractivity contribution >= 4 is 28.0 Å². The van der Waals surface area contributed by atoms with E-state index in [1.165, 1.54) is 12.1 Å². The number of nitrogens with zero attached hydrogens (tertiary/aromatic N) is 1. The highest BCUT2D eigenvalue weighted by Gasteiger charge is 2.10. The second kappa shape index (κ2) is 4.75. The number of hydrogen-bond donors (Lipinski definition) is 2. The molecular weight excluding hydrogens is 230 g/mol. The van der Waals surface area contributed by atoms with Crippen LogP contribution in [0.3, 0.4) is 0 Å². The summed E-state index contributed by atoms with van der Waals surface area (Å²) in [6, 6.07) is 6.03. The fourth-order valence-corrected chi connectivity index (χ4v) is 1.47. The predicted octanol–water partition coefficient (Wildman–Crippen LogP) is -0.00550. The number of nitrogens with two attached hydrogens (primary N) is 1. The molecule has 0 fully saturated rings. The lowest BCUT2D eigenvalue weighted by Crippen LogP contribution is -2.29. The van der Waals surface area contributed by atoms with Gasteiger partial charge in [-0.05, 0) is 24.3 Å². The zero-order chi connectivity index (χ0) is 12.2. The molecule has 0 spiro atoms. The summed E-state index contributed by atoms with van der Waals surface area (Å²) in [6.07, 6.45) is 2.05. The van der Waals surface area contributed by atoms with E-state index >= 15 is 0 Å². The average molecular weight is 241 g/mol. The molecule has 0 aliphatic heterocycles. The third-order valence-corrected chi connectivity index (χ3v) is 2.19. The van der Waals surface area contributed by atoms with Gasteiger partial charge in [0.1, 0.15) is 0 Å². The summed E-state index contributed by atoms with van der Waals surface area (Å²) in [5, 5.41) is 0. The minimum Gasteiger partial charge on any atom is -0.390 e. The first-order chi connectivity index (χ1) is 7.42. The number of benzene rings is 1. The summed E-state index contributed by atoms with van der Waals surface area (Å²) in [5.41, 5.74) is 5.91. The van der Waals surface area contributed by atoms with Crippen LogP contribution in [0.2, 0.25) is 0 Å². The van der Waals surface area contributed by atoms with Crippen LogP contribution in [0.25, 0.3) is 0 Å². The molecule has 86 valence electrons. The number of rotatable bonds is 3. The Morgan fingerprint density at radius 2 is 1.94 bits per heavy atom. The Kier molecular flexibility index (Phi) is 3.62. The van der Waals surface area contributed by atoms with Crippen LogP contribution in [0.1, 0.15) is 10.4 Å². The molecule has 0 aliphatic rings. The average Bonchev–Trinajstić information content (AvgIpc) is 2.16. The molecule has 0 aliphatic carbocycles. The molecule has 0 saturated carbocycles. The smallest absolute Gasteiger partial charge is 0.264 e. The van der Waals surface area contributed by atoms with Crippen molar-refractivity contribution in [3.8, 4) is 0 Å². The molecule has 16 heavy (non-hydrogen) atoms. The van der Waals surface area contributed by atoms with Crippen molar-refractivity contribution in [2.45, 2.75) is 0 Å². The third-order valence-electron chi connectivity index (χ3n) is 1.63. The Hall–Kier alpha value is -1.89. The zero-order valence-corrected chi connectivity index (χ0v) is 9.36. The van der Waals surface area contributed by atoms with E-state index in [0.717, 1.165) is 12.6 Å². The summed E-state index contributed by atoms with van der Waals surface area (Å²) in [6.45, 7) is 0. The van der Waals surface area contributed by atoms with Gasteiger partial charge in [0.2, 0.25) is 10.0 Å². The van der Waals surface area contributed by atoms with E-state index in [1.54, 1.807) is 12.1 Å². The monoisotopic (exact) mass is 241 g/mol. The molecule has 0 saturated heterocycles. The topological polar surface area (TPSA) is 102 Å². The van der Waals surface area contributed by atoms with Crippen LogP contribution in [0.5, 0.6) is 0 Å². The predicted molar refractivity (Wildman–Crippen MR) is 61.1 cm³/mol. The van der Waals surface area contributed by atoms with E-state index in [0.29, 0.717) is 5.69 Å². The van der Waals surface area contributed by atoms with Gasteiger partial charge in [-0.2, -0.15) is 0 Å². The standard InChI is InChI=1S/C9H11N3O3S/c1-16(14,15)12-9(13)7-2-4-8(5-3-7)11-6-10/h2-6H,1H3,(H2,10,11)(H,12,13). The molecule has 1 rings (SSSR count). The maximum atomic E-state index is 11.4. The summed E-state index contributed by atoms with van der Waals surface area (Å²) < 4.78 is 23.5. The molecular formula is C9H11N3O3S. The van der Waals surface area contributed by atoms with Crippen LogP contribution >= 0.6 is 0 Å². The number of nitrogens with one attached hydrogen (secondary N) is 1. The lowest BCUT2D eigenvalue weighted by Gasteiger charge is -2.02. The zero-order valence-electron chi connectivity index (χ0n) is 8.54. The molecule has 0 heterocycles. The first-order valence-electron chi connectivity index (χ1n) is 4.29. The van der Waals surface area contributed by atoms with Gasteiger partial charge in [-0.25, -0.2) is 18.1 Å². The molecule has 0 unspecified atom stereocenters. The van der Waals surface area contributed by atoms with E-state index in [9.17, 15) is 13.2 Å². The lowest BCUT2D eigenvalue weighted by atomic mass is 10.2. The Morgan fingerprint density at radius 1 is 1.38 bits per heavy atom. The third kappa shape index (κ3) is 3.70. The van der Waals surface area contributed by atoms with E-state index in [1.807, 2.05) is 4.72 Å². The molecule has 1 aromatic rings. The van der Waals surface area contributed by atoms with Crippen molar-refractivity contribution in [1.29, 1.82) is 0 Å². The number of sulfonamides is 1. The number of aliphatic imine (C=N–C) groups is 1. The number of amides is 1. The molecule has 1 amide bonds. The number of carbonyl (C=O) groups is 1. The maximum absolute atomic E-state index is 11.4. The van der Waals surface area contributed by atoms with Gasteiger partial charge in [0.15, 0.2) is 0 Å². The summed E-state index contributed by atoms with van der Waals surface area (Å²) in [7, 11) is -3.54. The van der Waals surface area contributed by atoms with Gasteiger partial charge in [-0.1, -0.05) is 0 Å². The van der Waals surface area contributed by atoms with Crippen molar-refractivity contribution in [3.63, 3.8) is 0 Å². The Balaban J connectivity index is 2.86. The minimum atomic E-state index is -3.54. The number of carbonyl (C=O) groups excluding carboxylic acids is 1. The van der Waals surface area contributed by atoms with Crippen molar-refractivity contribution in [1.82, 2.24) is 4.72 Å². The van der Waals surface area contributed by atoms with Crippen molar-refractivity contribution in [3.05, 3.63) is 29.8 Å². The maximum Gasteiger partial charge on any atom is 0.264 e.